The topological polar surface area (TPSA) is 58.2 Å². The Morgan fingerprint density at radius 2 is 1.71 bits per heavy atom. The number of rotatable bonds is 4. The third-order valence-electron chi connectivity index (χ3n) is 1.42. The average molecular weight is 214 g/mol. The summed E-state index contributed by atoms with van der Waals surface area (Å²) in [4.78, 5) is 0. The van der Waals surface area contributed by atoms with Gasteiger partial charge in [-0.05, 0) is 26.0 Å². The highest BCUT2D eigenvalue weighted by Gasteiger charge is 2.10. The summed E-state index contributed by atoms with van der Waals surface area (Å²) < 4.78 is 27.6. The Hall–Kier alpha value is -1.07. The molecular weight excluding hydrogens is 200 g/mol. The van der Waals surface area contributed by atoms with Gasteiger partial charge < -0.3 is 0 Å². The lowest BCUT2D eigenvalue weighted by atomic mass is 10.3. The second kappa shape index (κ2) is 4.43. The van der Waals surface area contributed by atoms with E-state index < -0.39 is 10.2 Å². The molecule has 0 bridgehead atoms. The highest BCUT2D eigenvalue weighted by atomic mass is 32.2. The normalized spacial score (nSPS) is 11.6. The predicted molar refractivity (Wildman–Crippen MR) is 57.3 cm³/mol. The van der Waals surface area contributed by atoms with Crippen LogP contribution >= 0.6 is 0 Å². The lowest BCUT2D eigenvalue weighted by Crippen LogP contribution is -2.35. The fourth-order valence-electron chi connectivity index (χ4n) is 1.00. The van der Waals surface area contributed by atoms with Crippen LogP contribution in [0.5, 0.6) is 0 Å². The van der Waals surface area contributed by atoms with Gasteiger partial charge in [0.05, 0.1) is 0 Å². The molecule has 0 unspecified atom stereocenters. The third-order valence-corrected chi connectivity index (χ3v) is 2.70. The standard InChI is InChI=1S/C9H14N2O2S/c1-8(2)10-14(12,13)11-9-6-4-3-5-7-9/h3-8,10-11H,1-2H3. The minimum absolute atomic E-state index is 0.115. The second-order valence-electron chi connectivity index (χ2n) is 3.24. The van der Waals surface area contributed by atoms with E-state index in [0.717, 1.165) is 0 Å². The van der Waals surface area contributed by atoms with Gasteiger partial charge in [-0.1, -0.05) is 18.2 Å². The first kappa shape index (κ1) is 11.0. The van der Waals surface area contributed by atoms with Crippen molar-refractivity contribution >= 4 is 15.9 Å². The van der Waals surface area contributed by atoms with Crippen molar-refractivity contribution in [1.82, 2.24) is 4.72 Å². The van der Waals surface area contributed by atoms with E-state index in [1.54, 1.807) is 38.1 Å². The third kappa shape index (κ3) is 3.76. The summed E-state index contributed by atoms with van der Waals surface area (Å²) >= 11 is 0. The highest BCUT2D eigenvalue weighted by molar-refractivity contribution is 7.90. The number of hydrogen-bond donors (Lipinski definition) is 2. The van der Waals surface area contributed by atoms with Crippen LogP contribution in [0.4, 0.5) is 5.69 Å². The van der Waals surface area contributed by atoms with E-state index in [-0.39, 0.29) is 6.04 Å². The monoisotopic (exact) mass is 214 g/mol. The van der Waals surface area contributed by atoms with Gasteiger partial charge in [-0.25, -0.2) is 0 Å². The molecular formula is C9H14N2O2S. The van der Waals surface area contributed by atoms with E-state index in [9.17, 15) is 8.42 Å². The molecule has 1 aromatic rings. The van der Waals surface area contributed by atoms with E-state index in [0.29, 0.717) is 5.69 Å². The van der Waals surface area contributed by atoms with Crippen LogP contribution < -0.4 is 9.44 Å². The van der Waals surface area contributed by atoms with Gasteiger partial charge >= 0.3 is 0 Å². The molecule has 2 N–H and O–H groups in total. The Morgan fingerprint density at radius 1 is 1.14 bits per heavy atom. The first-order valence-electron chi connectivity index (χ1n) is 4.35. The van der Waals surface area contributed by atoms with Crippen LogP contribution in [0.3, 0.4) is 0 Å². The van der Waals surface area contributed by atoms with Gasteiger partial charge in [0.25, 0.3) is 10.2 Å². The molecule has 1 aromatic carbocycles. The lowest BCUT2D eigenvalue weighted by molar-refractivity contribution is 0.575. The van der Waals surface area contributed by atoms with Crippen molar-refractivity contribution in [3.8, 4) is 0 Å². The Morgan fingerprint density at radius 3 is 2.21 bits per heavy atom. The van der Waals surface area contributed by atoms with E-state index in [4.69, 9.17) is 0 Å². The van der Waals surface area contributed by atoms with Crippen molar-refractivity contribution in [2.75, 3.05) is 4.72 Å². The van der Waals surface area contributed by atoms with Gasteiger partial charge in [-0.2, -0.15) is 13.1 Å². The first-order valence-corrected chi connectivity index (χ1v) is 5.83. The van der Waals surface area contributed by atoms with Crippen molar-refractivity contribution < 1.29 is 8.42 Å². The van der Waals surface area contributed by atoms with Crippen molar-refractivity contribution in [1.29, 1.82) is 0 Å². The summed E-state index contributed by atoms with van der Waals surface area (Å²) in [5, 5.41) is 0. The summed E-state index contributed by atoms with van der Waals surface area (Å²) in [5.74, 6) is 0. The molecule has 0 radical (unpaired) electrons. The molecule has 14 heavy (non-hydrogen) atoms. The fraction of sp³-hybridized carbons (Fsp3) is 0.333. The molecule has 0 fully saturated rings. The van der Waals surface area contributed by atoms with Crippen LogP contribution in [-0.2, 0) is 10.2 Å². The van der Waals surface area contributed by atoms with Crippen LogP contribution in [0, 0.1) is 0 Å². The molecule has 0 atom stereocenters. The van der Waals surface area contributed by atoms with E-state index in [1.807, 2.05) is 6.07 Å². The zero-order chi connectivity index (χ0) is 10.6. The number of nitrogens with one attached hydrogen (secondary N) is 2. The smallest absolute Gasteiger partial charge is 0.271 e. The van der Waals surface area contributed by atoms with E-state index in [2.05, 4.69) is 9.44 Å². The van der Waals surface area contributed by atoms with E-state index in [1.165, 1.54) is 0 Å². The molecule has 0 heterocycles. The number of benzene rings is 1. The van der Waals surface area contributed by atoms with Crippen LogP contribution in [-0.4, -0.2) is 14.5 Å². The zero-order valence-electron chi connectivity index (χ0n) is 8.19. The molecule has 5 heteroatoms. The second-order valence-corrected chi connectivity index (χ2v) is 4.69. The summed E-state index contributed by atoms with van der Waals surface area (Å²) in [6.07, 6.45) is 0. The molecule has 0 saturated carbocycles. The first-order chi connectivity index (χ1) is 6.49. The molecule has 4 nitrogen and oxygen atoms in total. The van der Waals surface area contributed by atoms with Crippen molar-refractivity contribution in [2.24, 2.45) is 0 Å². The molecule has 0 amide bonds. The molecule has 0 aromatic heterocycles. The minimum atomic E-state index is -3.43. The largest absolute Gasteiger partial charge is 0.299 e. The Labute approximate surface area is 84.5 Å². The summed E-state index contributed by atoms with van der Waals surface area (Å²) in [6, 6.07) is 8.64. The van der Waals surface area contributed by atoms with Crippen molar-refractivity contribution in [3.05, 3.63) is 30.3 Å². The summed E-state index contributed by atoms with van der Waals surface area (Å²) in [6.45, 7) is 3.54. The molecule has 78 valence electrons. The van der Waals surface area contributed by atoms with Gasteiger partial charge in [0.15, 0.2) is 0 Å². The SMILES string of the molecule is CC(C)NS(=O)(=O)Nc1ccccc1. The average Bonchev–Trinajstić information content (AvgIpc) is 2.02. The minimum Gasteiger partial charge on any atom is -0.271 e. The van der Waals surface area contributed by atoms with Crippen LogP contribution in [0.25, 0.3) is 0 Å². The maximum Gasteiger partial charge on any atom is 0.299 e. The number of anilines is 1. The van der Waals surface area contributed by atoms with Crippen LogP contribution in [0.15, 0.2) is 30.3 Å². The van der Waals surface area contributed by atoms with Crippen molar-refractivity contribution in [2.45, 2.75) is 19.9 Å². The molecule has 1 rings (SSSR count). The maximum atomic E-state index is 11.4. The molecule has 0 spiro atoms. The number of para-hydroxylation sites is 1. The highest BCUT2D eigenvalue weighted by Crippen LogP contribution is 2.06. The zero-order valence-corrected chi connectivity index (χ0v) is 9.01. The van der Waals surface area contributed by atoms with Gasteiger partial charge in [-0.15, -0.1) is 0 Å². The molecule has 0 aliphatic heterocycles. The predicted octanol–water partition coefficient (Wildman–Crippen LogP) is 1.34. The van der Waals surface area contributed by atoms with Crippen LogP contribution in [0.2, 0.25) is 0 Å². The van der Waals surface area contributed by atoms with Gasteiger partial charge in [0.1, 0.15) is 0 Å². The van der Waals surface area contributed by atoms with Crippen molar-refractivity contribution in [3.63, 3.8) is 0 Å². The summed E-state index contributed by atoms with van der Waals surface area (Å²) in [7, 11) is -3.43. The van der Waals surface area contributed by atoms with E-state index >= 15 is 0 Å². The summed E-state index contributed by atoms with van der Waals surface area (Å²) in [5.41, 5.74) is 0.556. The van der Waals surface area contributed by atoms with Gasteiger partial charge in [0.2, 0.25) is 0 Å². The molecule has 0 aliphatic rings. The van der Waals surface area contributed by atoms with Gasteiger partial charge in [-0.3, -0.25) is 4.72 Å². The van der Waals surface area contributed by atoms with Crippen LogP contribution in [0.1, 0.15) is 13.8 Å². The Balaban J connectivity index is 2.70. The Bertz CT molecular complexity index is 373. The molecule has 0 aliphatic carbocycles. The fourth-order valence-corrected chi connectivity index (χ4v) is 2.13. The van der Waals surface area contributed by atoms with Gasteiger partial charge in [0, 0.05) is 11.7 Å². The molecule has 0 saturated heterocycles. The lowest BCUT2D eigenvalue weighted by Gasteiger charge is -2.11. The Kier molecular flexibility index (Phi) is 3.49. The number of hydrogen-bond acceptors (Lipinski definition) is 2. The maximum absolute atomic E-state index is 11.4. The quantitative estimate of drug-likeness (QED) is 0.794.